The highest BCUT2D eigenvalue weighted by atomic mass is 16.5. The van der Waals surface area contributed by atoms with E-state index in [0.717, 1.165) is 49.5 Å². The maximum absolute atomic E-state index is 13.6. The Labute approximate surface area is 352 Å². The highest BCUT2D eigenvalue weighted by Gasteiger charge is 2.25. The van der Waals surface area contributed by atoms with Gasteiger partial charge in [-0.05, 0) is 111 Å². The molecule has 2 heterocycles. The lowest BCUT2D eigenvalue weighted by Gasteiger charge is -2.27. The summed E-state index contributed by atoms with van der Waals surface area (Å²) < 4.78 is 15.0. The van der Waals surface area contributed by atoms with Crippen LogP contribution in [0, 0.1) is 17.8 Å². The van der Waals surface area contributed by atoms with Gasteiger partial charge in [0.15, 0.2) is 0 Å². The predicted octanol–water partition coefficient (Wildman–Crippen LogP) is 10.4. The van der Waals surface area contributed by atoms with Crippen molar-refractivity contribution in [1.29, 1.82) is 0 Å². The molecule has 6 aromatic rings. The van der Waals surface area contributed by atoms with Crippen LogP contribution in [0.5, 0.6) is 5.75 Å². The molecule has 60 heavy (non-hydrogen) atoms. The van der Waals surface area contributed by atoms with E-state index < -0.39 is 11.9 Å². The fourth-order valence-corrected chi connectivity index (χ4v) is 6.68. The van der Waals surface area contributed by atoms with Crippen molar-refractivity contribution in [3.8, 4) is 16.9 Å². The number of aromatic nitrogens is 2. The Bertz CT molecular complexity index is 2520. The lowest BCUT2D eigenvalue weighted by Crippen LogP contribution is -2.34. The van der Waals surface area contributed by atoms with E-state index in [0.29, 0.717) is 42.1 Å². The second kappa shape index (κ2) is 19.0. The van der Waals surface area contributed by atoms with Crippen LogP contribution in [-0.2, 0) is 25.6 Å². The molecule has 0 radical (unpaired) electrons. The molecule has 0 unspecified atom stereocenters. The number of hydrogen-bond donors (Lipinski definition) is 1. The average Bonchev–Trinajstić information content (AvgIpc) is 3.20. The molecule has 0 fully saturated rings. The first kappa shape index (κ1) is 44.5. The Morgan fingerprint density at radius 2 is 1.18 bits per heavy atom. The van der Waals surface area contributed by atoms with E-state index in [4.69, 9.17) is 14.2 Å². The van der Waals surface area contributed by atoms with Crippen molar-refractivity contribution in [2.24, 2.45) is 10.8 Å². The molecule has 11 nitrogen and oxygen atoms in total. The number of methoxy groups -OCH3 is 3. The van der Waals surface area contributed by atoms with Crippen LogP contribution in [0.2, 0.25) is 0 Å². The molecule has 1 N–H and O–H groups in total. The number of hydrogen-bond acceptors (Lipinski definition) is 9. The minimum absolute atomic E-state index is 0.00981. The van der Waals surface area contributed by atoms with Crippen LogP contribution in [0.4, 0.5) is 11.6 Å². The number of carbonyl (C=O) groups excluding carboxylic acids is 4. The monoisotopic (exact) mass is 810 g/mol. The van der Waals surface area contributed by atoms with E-state index in [1.54, 1.807) is 60.8 Å². The molecule has 0 aliphatic carbocycles. The number of carbonyl (C=O) groups is 4. The lowest BCUT2D eigenvalue weighted by atomic mass is 9.91. The number of amides is 2. The third kappa shape index (κ3) is 11.5. The van der Waals surface area contributed by atoms with Crippen LogP contribution in [-0.4, -0.2) is 55.1 Å². The van der Waals surface area contributed by atoms with Crippen molar-refractivity contribution in [1.82, 2.24) is 9.97 Å². The first-order valence-corrected chi connectivity index (χ1v) is 19.7. The van der Waals surface area contributed by atoms with Gasteiger partial charge < -0.3 is 19.5 Å². The number of rotatable bonds is 10. The van der Waals surface area contributed by atoms with E-state index in [9.17, 15) is 19.2 Å². The summed E-state index contributed by atoms with van der Waals surface area (Å²) >= 11 is 0. The number of aryl methyl sites for hydroxylation is 1. The van der Waals surface area contributed by atoms with Gasteiger partial charge in [0.2, 0.25) is 11.8 Å². The number of esters is 2. The minimum Gasteiger partial charge on any atom is -0.496 e. The molecule has 0 spiro atoms. The maximum atomic E-state index is 13.6. The summed E-state index contributed by atoms with van der Waals surface area (Å²) in [6.45, 7) is 14.6. The molecule has 6 rings (SSSR count). The normalized spacial score (nSPS) is 11.3. The Morgan fingerprint density at radius 3 is 1.73 bits per heavy atom. The van der Waals surface area contributed by atoms with Gasteiger partial charge in [-0.25, -0.2) is 19.6 Å². The van der Waals surface area contributed by atoms with Crippen LogP contribution in [0.3, 0.4) is 0 Å². The zero-order chi connectivity index (χ0) is 43.8. The van der Waals surface area contributed by atoms with E-state index >= 15 is 0 Å². The fourth-order valence-electron chi connectivity index (χ4n) is 6.68. The number of nitrogens with zero attached hydrogens (tertiary/aromatic N) is 3. The zero-order valence-corrected chi connectivity index (χ0v) is 36.1. The molecule has 0 bridgehead atoms. The van der Waals surface area contributed by atoms with Crippen molar-refractivity contribution < 1.29 is 33.4 Å². The van der Waals surface area contributed by atoms with Crippen molar-refractivity contribution in [3.63, 3.8) is 0 Å². The van der Waals surface area contributed by atoms with E-state index in [2.05, 4.69) is 33.5 Å². The zero-order valence-electron chi connectivity index (χ0n) is 36.1. The first-order valence-electron chi connectivity index (χ1n) is 19.7. The summed E-state index contributed by atoms with van der Waals surface area (Å²) in [5.41, 5.74) is 4.90. The molecule has 0 saturated heterocycles. The first-order chi connectivity index (χ1) is 28.4. The van der Waals surface area contributed by atoms with Crippen LogP contribution >= 0.6 is 0 Å². The van der Waals surface area contributed by atoms with Gasteiger partial charge >= 0.3 is 11.9 Å². The molecular formula is C49H54N4O7. The highest BCUT2D eigenvalue weighted by molar-refractivity contribution is 6.05. The van der Waals surface area contributed by atoms with Crippen molar-refractivity contribution in [2.75, 3.05) is 31.5 Å². The van der Waals surface area contributed by atoms with E-state index in [1.165, 1.54) is 14.2 Å². The quantitative estimate of drug-likeness (QED) is 0.134. The molecule has 0 aliphatic rings. The highest BCUT2D eigenvalue weighted by Crippen LogP contribution is 2.32. The number of benzene rings is 4. The van der Waals surface area contributed by atoms with Gasteiger partial charge in [-0.3, -0.25) is 14.5 Å². The van der Waals surface area contributed by atoms with Gasteiger partial charge in [0.25, 0.3) is 0 Å². The van der Waals surface area contributed by atoms with Crippen molar-refractivity contribution in [3.05, 3.63) is 126 Å². The largest absolute Gasteiger partial charge is 0.496 e. The standard InChI is InChI=1S/C32H34N2O4.C17H20N2O3/c1-21-17-24(12-14-28(21)37-5)23-9-7-22(8-10-23)20-34(29(35)19-32(2,3)4)30-27-13-11-26(31(36)38-6)18-25(27)15-16-33-30;1-17(2,3)10-14(20)19-15-13-6-5-12(16(21)22-4)9-11(13)7-8-18-15/h7-18H,19-20H2,1-6H3;5-9H,10H2,1-4H3,(H,18,19,20). The second-order valence-corrected chi connectivity index (χ2v) is 17.0. The summed E-state index contributed by atoms with van der Waals surface area (Å²) in [5.74, 6) is 1.05. The van der Waals surface area contributed by atoms with Gasteiger partial charge in [0.1, 0.15) is 17.4 Å². The topological polar surface area (TPSA) is 137 Å². The second-order valence-electron chi connectivity index (χ2n) is 17.0. The molecule has 4 aromatic carbocycles. The Kier molecular flexibility index (Phi) is 14.1. The molecule has 0 saturated carbocycles. The van der Waals surface area contributed by atoms with Gasteiger partial charge in [-0.15, -0.1) is 0 Å². The summed E-state index contributed by atoms with van der Waals surface area (Å²) in [6.07, 6.45) is 4.06. The third-order valence-electron chi connectivity index (χ3n) is 9.56. The van der Waals surface area contributed by atoms with Crippen LogP contribution < -0.4 is 15.0 Å². The smallest absolute Gasteiger partial charge is 0.337 e. The fraction of sp³-hybridized carbons (Fsp3) is 0.306. The SMILES string of the molecule is COC(=O)c1ccc2c(N(Cc3ccc(-c4ccc(OC)c(C)c4)cc3)C(=O)CC(C)(C)C)nccc2c1.COC(=O)c1ccc2c(NC(=O)CC(C)(C)C)nccc2c1. The van der Waals surface area contributed by atoms with Gasteiger partial charge in [-0.2, -0.15) is 0 Å². The summed E-state index contributed by atoms with van der Waals surface area (Å²) in [5, 5.41) is 6.07. The van der Waals surface area contributed by atoms with Gasteiger partial charge in [0.05, 0.1) is 39.0 Å². The summed E-state index contributed by atoms with van der Waals surface area (Å²) in [4.78, 5) is 59.9. The molecule has 2 aromatic heterocycles. The number of ether oxygens (including phenoxy) is 3. The lowest BCUT2D eigenvalue weighted by molar-refractivity contribution is -0.120. The molecule has 11 heteroatoms. The third-order valence-corrected chi connectivity index (χ3v) is 9.56. The number of fused-ring (bicyclic) bond motifs is 2. The molecule has 0 atom stereocenters. The van der Waals surface area contributed by atoms with Crippen molar-refractivity contribution in [2.45, 2.75) is 67.9 Å². The van der Waals surface area contributed by atoms with Gasteiger partial charge in [-0.1, -0.05) is 71.9 Å². The average molecular weight is 811 g/mol. The summed E-state index contributed by atoms with van der Waals surface area (Å²) in [6, 6.07) is 28.5. The van der Waals surface area contributed by atoms with E-state index in [-0.39, 0.29) is 22.6 Å². The Morgan fingerprint density at radius 1 is 0.633 bits per heavy atom. The molecule has 312 valence electrons. The summed E-state index contributed by atoms with van der Waals surface area (Å²) in [7, 11) is 4.38. The predicted molar refractivity (Wildman–Crippen MR) is 237 cm³/mol. The van der Waals surface area contributed by atoms with Gasteiger partial charge in [0, 0.05) is 36.0 Å². The number of anilines is 2. The minimum atomic E-state index is -0.405. The number of nitrogens with one attached hydrogen (secondary N) is 1. The maximum Gasteiger partial charge on any atom is 0.337 e. The molecule has 0 aliphatic heterocycles. The molecular weight excluding hydrogens is 757 g/mol. The van der Waals surface area contributed by atoms with Crippen molar-refractivity contribution >= 4 is 56.9 Å². The Balaban J connectivity index is 0.000000263. The van der Waals surface area contributed by atoms with Crippen LogP contribution in [0.15, 0.2) is 103 Å². The number of pyridine rings is 2. The Hall–Kier alpha value is -6.62. The van der Waals surface area contributed by atoms with Crippen LogP contribution in [0.1, 0.15) is 86.2 Å². The van der Waals surface area contributed by atoms with Crippen LogP contribution in [0.25, 0.3) is 32.7 Å². The van der Waals surface area contributed by atoms with E-state index in [1.807, 2.05) is 84.9 Å². The molecule has 2 amide bonds.